The summed E-state index contributed by atoms with van der Waals surface area (Å²) in [5, 5.41) is 18.6. The number of sulfone groups is 1. The number of nitrogens with one attached hydrogen (secondary N) is 3. The number of fused-ring (bicyclic) bond motifs is 1. The van der Waals surface area contributed by atoms with Gasteiger partial charge in [0.15, 0.2) is 16.0 Å². The van der Waals surface area contributed by atoms with E-state index in [2.05, 4.69) is 25.8 Å². The van der Waals surface area contributed by atoms with Crippen LogP contribution in [-0.2, 0) is 9.84 Å². The van der Waals surface area contributed by atoms with Gasteiger partial charge in [-0.1, -0.05) is 19.3 Å². The highest BCUT2D eigenvalue weighted by molar-refractivity contribution is 7.92. The minimum absolute atomic E-state index is 0.0998. The van der Waals surface area contributed by atoms with Crippen molar-refractivity contribution < 1.29 is 8.42 Å². The number of hydrogen-bond donors (Lipinski definition) is 3. The van der Waals surface area contributed by atoms with Gasteiger partial charge in [-0.15, -0.1) is 0 Å². The van der Waals surface area contributed by atoms with Crippen molar-refractivity contribution in [3.8, 4) is 6.19 Å². The van der Waals surface area contributed by atoms with Gasteiger partial charge in [0, 0.05) is 32.2 Å². The molecule has 0 radical (unpaired) electrons. The van der Waals surface area contributed by atoms with Crippen LogP contribution in [0, 0.1) is 17.4 Å². The first-order valence-electron chi connectivity index (χ1n) is 12.2. The van der Waals surface area contributed by atoms with E-state index in [4.69, 9.17) is 5.26 Å². The van der Waals surface area contributed by atoms with Crippen molar-refractivity contribution in [2.75, 3.05) is 26.2 Å². The summed E-state index contributed by atoms with van der Waals surface area (Å²) in [5.74, 6) is 0.962. The van der Waals surface area contributed by atoms with Gasteiger partial charge in [0.2, 0.25) is 5.96 Å². The summed E-state index contributed by atoms with van der Waals surface area (Å²) in [5.41, 5.74) is 0. The Morgan fingerprint density at radius 1 is 1.03 bits per heavy atom. The molecule has 0 aromatic carbocycles. The van der Waals surface area contributed by atoms with Crippen molar-refractivity contribution in [2.24, 2.45) is 10.9 Å². The topological polar surface area (TPSA) is 110 Å². The van der Waals surface area contributed by atoms with Crippen LogP contribution in [0.3, 0.4) is 0 Å². The quantitative estimate of drug-likeness (QED) is 0.253. The van der Waals surface area contributed by atoms with Crippen molar-refractivity contribution in [2.45, 2.75) is 93.3 Å². The molecule has 2 aliphatic carbocycles. The van der Waals surface area contributed by atoms with E-state index < -0.39 is 9.84 Å². The Labute approximate surface area is 187 Å². The maximum Gasteiger partial charge on any atom is 0.204 e. The number of aliphatic imine (C=N–C) groups is 1. The Morgan fingerprint density at radius 3 is 2.52 bits per heavy atom. The summed E-state index contributed by atoms with van der Waals surface area (Å²) < 4.78 is 26.0. The van der Waals surface area contributed by atoms with E-state index in [0.717, 1.165) is 83.8 Å². The van der Waals surface area contributed by atoms with Crippen molar-refractivity contribution in [3.63, 3.8) is 0 Å². The van der Waals surface area contributed by atoms with E-state index in [0.29, 0.717) is 30.6 Å². The Kier molecular flexibility index (Phi) is 7.72. The third kappa shape index (κ3) is 5.71. The van der Waals surface area contributed by atoms with Gasteiger partial charge in [-0.25, -0.2) is 8.42 Å². The summed E-state index contributed by atoms with van der Waals surface area (Å²) in [4.78, 5) is 7.16. The Hall–Kier alpha value is -1.37. The molecule has 3 N–H and O–H groups in total. The van der Waals surface area contributed by atoms with Gasteiger partial charge in [0.1, 0.15) is 0 Å². The van der Waals surface area contributed by atoms with Gasteiger partial charge < -0.3 is 10.6 Å². The lowest BCUT2D eigenvalue weighted by Gasteiger charge is -2.35. The first kappa shape index (κ1) is 22.8. The Balaban J connectivity index is 1.26. The fourth-order valence-corrected chi connectivity index (χ4v) is 8.36. The highest BCUT2D eigenvalue weighted by Gasteiger charge is 2.37. The molecule has 4 fully saturated rings. The second-order valence-corrected chi connectivity index (χ2v) is 12.3. The maximum absolute atomic E-state index is 13.0. The van der Waals surface area contributed by atoms with Gasteiger partial charge in [-0.2, -0.15) is 5.26 Å². The van der Waals surface area contributed by atoms with Crippen LogP contribution in [0.2, 0.25) is 0 Å². The van der Waals surface area contributed by atoms with Crippen LogP contribution in [0.15, 0.2) is 4.99 Å². The summed E-state index contributed by atoms with van der Waals surface area (Å²) >= 11 is 0. The lowest BCUT2D eigenvalue weighted by molar-refractivity contribution is 0.164. The summed E-state index contributed by atoms with van der Waals surface area (Å²) in [6, 6.07) is 0.308. The number of piperidine rings is 1. The van der Waals surface area contributed by atoms with Crippen molar-refractivity contribution in [1.82, 2.24) is 20.9 Å². The molecule has 2 aliphatic heterocycles. The van der Waals surface area contributed by atoms with E-state index in [1.807, 2.05) is 6.19 Å². The summed E-state index contributed by atoms with van der Waals surface area (Å²) in [6.07, 6.45) is 12.9. The summed E-state index contributed by atoms with van der Waals surface area (Å²) in [6.45, 7) is 3.88. The molecule has 0 amide bonds. The molecule has 2 saturated heterocycles. The molecule has 4 aliphatic rings. The molecule has 31 heavy (non-hydrogen) atoms. The van der Waals surface area contributed by atoms with Crippen LogP contribution in [0.4, 0.5) is 0 Å². The summed E-state index contributed by atoms with van der Waals surface area (Å²) in [7, 11) is -2.99. The first-order chi connectivity index (χ1) is 15.1. The molecular weight excluding hydrogens is 412 g/mol. The number of hydrogen-bond acceptors (Lipinski definition) is 6. The zero-order valence-corrected chi connectivity index (χ0v) is 19.4. The van der Waals surface area contributed by atoms with Crippen LogP contribution in [0.5, 0.6) is 0 Å². The van der Waals surface area contributed by atoms with Crippen molar-refractivity contribution >= 4 is 15.8 Å². The zero-order valence-electron chi connectivity index (χ0n) is 18.6. The zero-order chi connectivity index (χ0) is 21.7. The van der Waals surface area contributed by atoms with Crippen molar-refractivity contribution in [1.29, 1.82) is 5.26 Å². The van der Waals surface area contributed by atoms with Crippen LogP contribution in [0.1, 0.15) is 70.6 Å². The molecular formula is C22H38N6O2S. The van der Waals surface area contributed by atoms with E-state index in [9.17, 15) is 8.42 Å². The minimum atomic E-state index is -2.99. The molecule has 0 spiro atoms. The van der Waals surface area contributed by atoms with Gasteiger partial charge in [-0.3, -0.25) is 15.2 Å². The molecule has 0 aromatic rings. The molecule has 2 atom stereocenters. The Bertz CT molecular complexity index is 765. The van der Waals surface area contributed by atoms with Crippen molar-refractivity contribution in [3.05, 3.63) is 0 Å². The fourth-order valence-electron chi connectivity index (χ4n) is 5.90. The highest BCUT2D eigenvalue weighted by Crippen LogP contribution is 2.34. The monoisotopic (exact) mass is 450 g/mol. The number of nitrogens with zero attached hydrogens (tertiary/aromatic N) is 3. The van der Waals surface area contributed by atoms with Crippen LogP contribution >= 0.6 is 0 Å². The largest absolute Gasteiger partial charge is 0.353 e. The number of guanidine groups is 1. The fraction of sp³-hybridized carbons (Fsp3) is 0.909. The van der Waals surface area contributed by atoms with E-state index in [-0.39, 0.29) is 10.5 Å². The maximum atomic E-state index is 13.0. The average Bonchev–Trinajstić information content (AvgIpc) is 3.26. The standard InChI is InChI=1S/C22H38N6O2S/c23-16-26-22(27-18-10-12-28-13-11-24-21(28)14-18)25-15-17-6-8-20(9-7-17)31(29,30)19-4-2-1-3-5-19/h17-21,24H,1-15H2,(H2,25,26,27). The number of nitriles is 1. The molecule has 4 rings (SSSR count). The molecule has 0 aromatic heterocycles. The van der Waals surface area contributed by atoms with E-state index >= 15 is 0 Å². The van der Waals surface area contributed by atoms with Crippen LogP contribution < -0.4 is 16.0 Å². The molecule has 174 valence electrons. The first-order valence-corrected chi connectivity index (χ1v) is 13.8. The predicted molar refractivity (Wildman–Crippen MR) is 122 cm³/mol. The second kappa shape index (κ2) is 10.5. The molecule has 8 nitrogen and oxygen atoms in total. The third-order valence-electron chi connectivity index (χ3n) is 7.79. The lowest BCUT2D eigenvalue weighted by Crippen LogP contribution is -2.52. The molecule has 2 heterocycles. The van der Waals surface area contributed by atoms with Gasteiger partial charge in [-0.05, 0) is 57.3 Å². The Morgan fingerprint density at radius 2 is 1.77 bits per heavy atom. The predicted octanol–water partition coefficient (Wildman–Crippen LogP) is 1.70. The van der Waals surface area contributed by atoms with Crippen LogP contribution in [0.25, 0.3) is 0 Å². The highest BCUT2D eigenvalue weighted by atomic mass is 32.2. The second-order valence-electron chi connectivity index (χ2n) is 9.79. The average molecular weight is 451 g/mol. The number of rotatable bonds is 5. The lowest BCUT2D eigenvalue weighted by atomic mass is 9.89. The van der Waals surface area contributed by atoms with E-state index in [1.54, 1.807) is 0 Å². The van der Waals surface area contributed by atoms with Gasteiger partial charge in [0.25, 0.3) is 0 Å². The molecule has 2 unspecified atom stereocenters. The minimum Gasteiger partial charge on any atom is -0.353 e. The smallest absolute Gasteiger partial charge is 0.204 e. The van der Waals surface area contributed by atoms with E-state index in [1.165, 1.54) is 6.42 Å². The SMILES string of the molecule is N#CNC(=NCC1CCC(S(=O)(=O)C2CCCCC2)CC1)NC1CCN2CCNC2C1. The van der Waals surface area contributed by atoms with Gasteiger partial charge in [0.05, 0.1) is 16.7 Å². The third-order valence-corrected chi connectivity index (χ3v) is 10.6. The van der Waals surface area contributed by atoms with Gasteiger partial charge >= 0.3 is 0 Å². The normalized spacial score (nSPS) is 33.5. The molecule has 9 heteroatoms. The molecule has 2 saturated carbocycles. The molecule has 0 bridgehead atoms. The van der Waals surface area contributed by atoms with Crippen LogP contribution in [-0.4, -0.2) is 68.2 Å².